The maximum absolute atomic E-state index is 12.3. The smallest absolute Gasteiger partial charge is 0.323 e. The second-order valence-electron chi connectivity index (χ2n) is 6.32. The largest absolute Gasteiger partial charge is 0.493 e. The number of ether oxygens (including phenoxy) is 2. The molecule has 0 atom stereocenters. The van der Waals surface area contributed by atoms with Crippen molar-refractivity contribution in [3.63, 3.8) is 0 Å². The SMILES string of the molecule is COc1ccc(NC(=O)Nc2ccc(-c3cn4ccccc4n3)cc2)cc1OC. The van der Waals surface area contributed by atoms with Gasteiger partial charge in [-0.15, -0.1) is 0 Å². The number of fused-ring (bicyclic) bond motifs is 1. The van der Waals surface area contributed by atoms with Crippen LogP contribution in [0.2, 0.25) is 0 Å². The van der Waals surface area contributed by atoms with Crippen LogP contribution in [0.3, 0.4) is 0 Å². The Labute approximate surface area is 167 Å². The molecule has 146 valence electrons. The molecule has 7 nitrogen and oxygen atoms in total. The molecular formula is C22H20N4O3. The summed E-state index contributed by atoms with van der Waals surface area (Å²) in [6.45, 7) is 0. The van der Waals surface area contributed by atoms with E-state index in [4.69, 9.17) is 9.47 Å². The topological polar surface area (TPSA) is 76.9 Å². The van der Waals surface area contributed by atoms with Crippen LogP contribution in [0.25, 0.3) is 16.9 Å². The normalized spacial score (nSPS) is 10.6. The Bertz CT molecular complexity index is 1120. The van der Waals surface area contributed by atoms with Gasteiger partial charge in [-0.2, -0.15) is 0 Å². The van der Waals surface area contributed by atoms with Crippen molar-refractivity contribution in [1.82, 2.24) is 9.38 Å². The number of carbonyl (C=O) groups is 1. The number of benzene rings is 2. The maximum atomic E-state index is 12.3. The molecule has 2 aromatic carbocycles. The summed E-state index contributed by atoms with van der Waals surface area (Å²) in [5.74, 6) is 1.14. The molecule has 0 saturated heterocycles. The lowest BCUT2D eigenvalue weighted by Gasteiger charge is -2.11. The van der Waals surface area contributed by atoms with Gasteiger partial charge in [0.1, 0.15) is 5.65 Å². The summed E-state index contributed by atoms with van der Waals surface area (Å²) in [4.78, 5) is 16.9. The van der Waals surface area contributed by atoms with Crippen LogP contribution in [0.1, 0.15) is 0 Å². The number of rotatable bonds is 5. The molecule has 0 saturated carbocycles. The zero-order valence-electron chi connectivity index (χ0n) is 16.0. The first-order valence-electron chi connectivity index (χ1n) is 9.00. The van der Waals surface area contributed by atoms with Gasteiger partial charge in [0.15, 0.2) is 11.5 Å². The molecule has 0 radical (unpaired) electrons. The molecule has 0 spiro atoms. The van der Waals surface area contributed by atoms with E-state index in [9.17, 15) is 4.79 Å². The molecule has 4 aromatic rings. The number of pyridine rings is 1. The summed E-state index contributed by atoms with van der Waals surface area (Å²) in [7, 11) is 3.11. The second kappa shape index (κ2) is 7.93. The van der Waals surface area contributed by atoms with Gasteiger partial charge in [-0.3, -0.25) is 0 Å². The summed E-state index contributed by atoms with van der Waals surface area (Å²) in [6, 6.07) is 18.2. The molecule has 2 aromatic heterocycles. The second-order valence-corrected chi connectivity index (χ2v) is 6.32. The Morgan fingerprint density at radius 2 is 1.62 bits per heavy atom. The van der Waals surface area contributed by atoms with Crippen molar-refractivity contribution in [2.75, 3.05) is 24.9 Å². The molecule has 2 amide bonds. The minimum atomic E-state index is -0.349. The van der Waals surface area contributed by atoms with Crippen LogP contribution in [-0.4, -0.2) is 29.6 Å². The Morgan fingerprint density at radius 1 is 0.897 bits per heavy atom. The van der Waals surface area contributed by atoms with Gasteiger partial charge in [-0.25, -0.2) is 9.78 Å². The third kappa shape index (κ3) is 3.98. The molecule has 2 heterocycles. The quantitative estimate of drug-likeness (QED) is 0.521. The lowest BCUT2D eigenvalue weighted by atomic mass is 10.1. The third-order valence-corrected chi connectivity index (χ3v) is 4.44. The van der Waals surface area contributed by atoms with Gasteiger partial charge in [0.05, 0.1) is 19.9 Å². The zero-order chi connectivity index (χ0) is 20.2. The van der Waals surface area contributed by atoms with E-state index < -0.39 is 0 Å². The number of nitrogens with one attached hydrogen (secondary N) is 2. The van der Waals surface area contributed by atoms with Gasteiger partial charge in [0, 0.05) is 35.4 Å². The van der Waals surface area contributed by atoms with Crippen molar-refractivity contribution in [2.24, 2.45) is 0 Å². The predicted molar refractivity (Wildman–Crippen MR) is 113 cm³/mol. The van der Waals surface area contributed by atoms with E-state index in [0.717, 1.165) is 16.9 Å². The minimum absolute atomic E-state index is 0.349. The monoisotopic (exact) mass is 388 g/mol. The van der Waals surface area contributed by atoms with Crippen LogP contribution in [0.4, 0.5) is 16.2 Å². The summed E-state index contributed by atoms with van der Waals surface area (Å²) >= 11 is 0. The first kappa shape index (κ1) is 18.4. The van der Waals surface area contributed by atoms with Crippen LogP contribution in [-0.2, 0) is 0 Å². The molecule has 2 N–H and O–H groups in total. The van der Waals surface area contributed by atoms with E-state index in [1.54, 1.807) is 32.4 Å². The molecule has 29 heavy (non-hydrogen) atoms. The van der Waals surface area contributed by atoms with Crippen LogP contribution in [0.5, 0.6) is 11.5 Å². The molecule has 4 rings (SSSR count). The van der Waals surface area contributed by atoms with Crippen molar-refractivity contribution in [1.29, 1.82) is 0 Å². The molecular weight excluding hydrogens is 368 g/mol. The van der Waals surface area contributed by atoms with Gasteiger partial charge in [-0.1, -0.05) is 18.2 Å². The van der Waals surface area contributed by atoms with Crippen molar-refractivity contribution in [3.8, 4) is 22.8 Å². The number of amides is 2. The van der Waals surface area contributed by atoms with E-state index in [1.807, 2.05) is 59.3 Å². The van der Waals surface area contributed by atoms with E-state index >= 15 is 0 Å². The lowest BCUT2D eigenvalue weighted by molar-refractivity contribution is 0.262. The first-order chi connectivity index (χ1) is 14.2. The Morgan fingerprint density at radius 3 is 2.34 bits per heavy atom. The van der Waals surface area contributed by atoms with Gasteiger partial charge in [-0.05, 0) is 36.4 Å². The predicted octanol–water partition coefficient (Wildman–Crippen LogP) is 4.66. The summed E-state index contributed by atoms with van der Waals surface area (Å²) < 4.78 is 12.4. The zero-order valence-corrected chi connectivity index (χ0v) is 16.0. The molecule has 0 aliphatic carbocycles. The number of urea groups is 1. The van der Waals surface area contributed by atoms with Crippen LogP contribution >= 0.6 is 0 Å². The van der Waals surface area contributed by atoms with E-state index in [2.05, 4.69) is 15.6 Å². The standard InChI is InChI=1S/C22H20N4O3/c1-28-19-11-10-17(13-20(19)29-2)24-22(27)23-16-8-6-15(7-9-16)18-14-26-12-4-3-5-21(26)25-18/h3-14H,1-2H3,(H2,23,24,27). The summed E-state index contributed by atoms with van der Waals surface area (Å²) in [6.07, 6.45) is 3.93. The van der Waals surface area contributed by atoms with Crippen LogP contribution in [0.15, 0.2) is 73.1 Å². The number of anilines is 2. The maximum Gasteiger partial charge on any atom is 0.323 e. The van der Waals surface area contributed by atoms with Gasteiger partial charge < -0.3 is 24.5 Å². The van der Waals surface area contributed by atoms with Crippen molar-refractivity contribution < 1.29 is 14.3 Å². The lowest BCUT2D eigenvalue weighted by Crippen LogP contribution is -2.19. The number of carbonyl (C=O) groups excluding carboxylic acids is 1. The highest BCUT2D eigenvalue weighted by molar-refractivity contribution is 6.00. The number of nitrogens with zero attached hydrogens (tertiary/aromatic N) is 2. The highest BCUT2D eigenvalue weighted by Gasteiger charge is 2.08. The van der Waals surface area contributed by atoms with Crippen LogP contribution < -0.4 is 20.1 Å². The van der Waals surface area contributed by atoms with E-state index in [1.165, 1.54) is 0 Å². The molecule has 0 fully saturated rings. The van der Waals surface area contributed by atoms with Crippen molar-refractivity contribution in [3.05, 3.63) is 73.1 Å². The van der Waals surface area contributed by atoms with Gasteiger partial charge >= 0.3 is 6.03 Å². The number of aromatic nitrogens is 2. The fraction of sp³-hybridized carbons (Fsp3) is 0.0909. The fourth-order valence-corrected chi connectivity index (χ4v) is 3.01. The first-order valence-corrected chi connectivity index (χ1v) is 9.00. The summed E-state index contributed by atoms with van der Waals surface area (Å²) in [5, 5.41) is 5.59. The van der Waals surface area contributed by atoms with Gasteiger partial charge in [0.25, 0.3) is 0 Å². The molecule has 0 bridgehead atoms. The Hall–Kier alpha value is -4.00. The average Bonchev–Trinajstić information content (AvgIpc) is 3.18. The van der Waals surface area contributed by atoms with E-state index in [-0.39, 0.29) is 6.03 Å². The summed E-state index contributed by atoms with van der Waals surface area (Å²) in [5.41, 5.74) is 4.01. The van der Waals surface area contributed by atoms with Crippen molar-refractivity contribution in [2.45, 2.75) is 0 Å². The Balaban J connectivity index is 1.44. The highest BCUT2D eigenvalue weighted by atomic mass is 16.5. The average molecular weight is 388 g/mol. The molecule has 0 unspecified atom stereocenters. The molecule has 0 aliphatic rings. The van der Waals surface area contributed by atoms with Gasteiger partial charge in [0.2, 0.25) is 0 Å². The highest BCUT2D eigenvalue weighted by Crippen LogP contribution is 2.29. The number of hydrogen-bond acceptors (Lipinski definition) is 4. The fourth-order valence-electron chi connectivity index (χ4n) is 3.01. The number of methoxy groups -OCH3 is 2. The van der Waals surface area contributed by atoms with Crippen LogP contribution in [0, 0.1) is 0 Å². The number of imidazole rings is 1. The van der Waals surface area contributed by atoms with Crippen molar-refractivity contribution >= 4 is 23.1 Å². The molecule has 7 heteroatoms. The minimum Gasteiger partial charge on any atom is -0.493 e. The number of hydrogen-bond donors (Lipinski definition) is 2. The van der Waals surface area contributed by atoms with E-state index in [0.29, 0.717) is 22.9 Å². The molecule has 0 aliphatic heterocycles. The Kier molecular flexibility index (Phi) is 5.03. The third-order valence-electron chi connectivity index (χ3n) is 4.44.